The molecule has 17 heavy (non-hydrogen) atoms. The minimum absolute atomic E-state index is 0.212. The van der Waals surface area contributed by atoms with Crippen LogP contribution in [0.5, 0.6) is 17.2 Å². The fraction of sp³-hybridized carbons (Fsp3) is 0.167. The van der Waals surface area contributed by atoms with Crippen LogP contribution >= 0.6 is 0 Å². The quantitative estimate of drug-likeness (QED) is 0.806. The molecule has 1 aromatic carbocycles. The molecule has 5 nitrogen and oxygen atoms in total. The molecule has 0 aliphatic carbocycles. The molecule has 1 heterocycles. The predicted octanol–water partition coefficient (Wildman–Crippen LogP) is 1.58. The van der Waals surface area contributed by atoms with Crippen molar-refractivity contribution in [3.05, 3.63) is 46.9 Å². The van der Waals surface area contributed by atoms with Crippen molar-refractivity contribution in [2.75, 3.05) is 7.11 Å². The highest BCUT2D eigenvalue weighted by atomic mass is 16.5. The van der Waals surface area contributed by atoms with Gasteiger partial charge in [-0.2, -0.15) is 5.10 Å². The van der Waals surface area contributed by atoms with Gasteiger partial charge in [0.15, 0.2) is 5.75 Å². The monoisotopic (exact) mass is 232 g/mol. The molecule has 0 saturated heterocycles. The van der Waals surface area contributed by atoms with Crippen LogP contribution in [0.15, 0.2) is 41.3 Å². The summed E-state index contributed by atoms with van der Waals surface area (Å²) in [4.78, 5) is 11.3. The lowest BCUT2D eigenvalue weighted by atomic mass is 10.3. The van der Waals surface area contributed by atoms with Crippen LogP contribution in [0.3, 0.4) is 0 Å². The Morgan fingerprint density at radius 3 is 2.35 bits per heavy atom. The van der Waals surface area contributed by atoms with Crippen molar-refractivity contribution >= 4 is 0 Å². The molecule has 0 spiro atoms. The third-order valence-corrected chi connectivity index (χ3v) is 2.24. The van der Waals surface area contributed by atoms with Crippen LogP contribution in [-0.2, 0) is 7.05 Å². The fourth-order valence-corrected chi connectivity index (χ4v) is 1.29. The molecule has 0 saturated carbocycles. The summed E-state index contributed by atoms with van der Waals surface area (Å²) in [7, 11) is 3.18. The molecule has 0 amide bonds. The van der Waals surface area contributed by atoms with Gasteiger partial charge in [0, 0.05) is 13.1 Å². The Labute approximate surface area is 98.2 Å². The van der Waals surface area contributed by atoms with E-state index >= 15 is 0 Å². The van der Waals surface area contributed by atoms with E-state index in [1.165, 1.54) is 16.9 Å². The first kappa shape index (κ1) is 11.2. The lowest BCUT2D eigenvalue weighted by molar-refractivity contribution is 0.412. The predicted molar refractivity (Wildman–Crippen MR) is 62.5 cm³/mol. The van der Waals surface area contributed by atoms with Crippen LogP contribution < -0.4 is 15.0 Å². The molecule has 88 valence electrons. The zero-order chi connectivity index (χ0) is 12.3. The molecular formula is C12H12N2O3. The van der Waals surface area contributed by atoms with E-state index < -0.39 is 0 Å². The summed E-state index contributed by atoms with van der Waals surface area (Å²) in [6, 6.07) is 8.47. The third-order valence-electron chi connectivity index (χ3n) is 2.24. The van der Waals surface area contributed by atoms with Gasteiger partial charge in [-0.3, -0.25) is 4.79 Å². The molecule has 0 aliphatic rings. The Bertz CT molecular complexity index is 561. The number of aryl methyl sites for hydroxylation is 1. The van der Waals surface area contributed by atoms with Crippen molar-refractivity contribution in [1.29, 1.82) is 0 Å². The van der Waals surface area contributed by atoms with Crippen LogP contribution in [0.1, 0.15) is 0 Å². The van der Waals surface area contributed by atoms with E-state index in [0.717, 1.165) is 5.75 Å². The van der Waals surface area contributed by atoms with Crippen molar-refractivity contribution in [2.45, 2.75) is 0 Å². The van der Waals surface area contributed by atoms with Crippen LogP contribution in [-0.4, -0.2) is 16.9 Å². The standard InChI is InChI=1S/C12H12N2O3/c1-14-12(15)7-11(8-13-14)17-10-5-3-9(16-2)4-6-10/h3-8H,1-2H3. The number of hydrogen-bond donors (Lipinski definition) is 0. The summed E-state index contributed by atoms with van der Waals surface area (Å²) in [5, 5.41) is 3.86. The van der Waals surface area contributed by atoms with Gasteiger partial charge in [0.25, 0.3) is 5.56 Å². The first-order chi connectivity index (χ1) is 8.19. The Kier molecular flexibility index (Phi) is 3.09. The van der Waals surface area contributed by atoms with Gasteiger partial charge < -0.3 is 9.47 Å². The lowest BCUT2D eigenvalue weighted by Gasteiger charge is -2.06. The molecule has 0 fully saturated rings. The van der Waals surface area contributed by atoms with E-state index in [4.69, 9.17) is 9.47 Å². The van der Waals surface area contributed by atoms with Gasteiger partial charge in [0.1, 0.15) is 11.5 Å². The second-order valence-electron chi connectivity index (χ2n) is 3.43. The van der Waals surface area contributed by atoms with E-state index in [1.807, 2.05) is 0 Å². The van der Waals surface area contributed by atoms with Crippen molar-refractivity contribution in [3.63, 3.8) is 0 Å². The highest BCUT2D eigenvalue weighted by Gasteiger charge is 2.00. The third kappa shape index (κ3) is 2.63. The summed E-state index contributed by atoms with van der Waals surface area (Å²) in [5.41, 5.74) is -0.212. The minimum atomic E-state index is -0.212. The van der Waals surface area contributed by atoms with Crippen LogP contribution in [0.25, 0.3) is 0 Å². The zero-order valence-corrected chi connectivity index (χ0v) is 9.58. The Morgan fingerprint density at radius 2 is 1.76 bits per heavy atom. The molecule has 1 aromatic heterocycles. The van der Waals surface area contributed by atoms with E-state index in [9.17, 15) is 4.79 Å². The van der Waals surface area contributed by atoms with Crippen LogP contribution in [0.2, 0.25) is 0 Å². The summed E-state index contributed by atoms with van der Waals surface area (Å²) in [6.45, 7) is 0. The first-order valence-electron chi connectivity index (χ1n) is 5.04. The summed E-state index contributed by atoms with van der Waals surface area (Å²) < 4.78 is 11.8. The molecular weight excluding hydrogens is 220 g/mol. The maximum atomic E-state index is 11.3. The van der Waals surface area contributed by atoms with Crippen molar-refractivity contribution in [3.8, 4) is 17.2 Å². The normalized spacial score (nSPS) is 10.0. The average Bonchev–Trinajstić information content (AvgIpc) is 2.35. The molecule has 0 radical (unpaired) electrons. The van der Waals surface area contributed by atoms with Gasteiger partial charge in [0.2, 0.25) is 0 Å². The number of aromatic nitrogens is 2. The molecule has 0 N–H and O–H groups in total. The Hall–Kier alpha value is -2.30. The van der Waals surface area contributed by atoms with Gasteiger partial charge in [-0.1, -0.05) is 0 Å². The van der Waals surface area contributed by atoms with Gasteiger partial charge in [-0.25, -0.2) is 4.68 Å². The van der Waals surface area contributed by atoms with Crippen molar-refractivity contribution in [1.82, 2.24) is 9.78 Å². The highest BCUT2D eigenvalue weighted by Crippen LogP contribution is 2.21. The number of benzene rings is 1. The van der Waals surface area contributed by atoms with E-state index in [2.05, 4.69) is 5.10 Å². The van der Waals surface area contributed by atoms with E-state index in [1.54, 1.807) is 38.4 Å². The minimum Gasteiger partial charge on any atom is -0.497 e. The molecule has 0 atom stereocenters. The maximum Gasteiger partial charge on any atom is 0.270 e. The lowest BCUT2D eigenvalue weighted by Crippen LogP contribution is -2.17. The first-order valence-corrected chi connectivity index (χ1v) is 5.04. The number of ether oxygens (including phenoxy) is 2. The van der Waals surface area contributed by atoms with Gasteiger partial charge in [-0.05, 0) is 24.3 Å². The number of rotatable bonds is 3. The maximum absolute atomic E-state index is 11.3. The SMILES string of the molecule is COc1ccc(Oc2cnn(C)c(=O)c2)cc1. The van der Waals surface area contributed by atoms with Crippen molar-refractivity contribution in [2.24, 2.45) is 7.05 Å². The number of methoxy groups -OCH3 is 1. The Morgan fingerprint density at radius 1 is 1.12 bits per heavy atom. The van der Waals surface area contributed by atoms with Gasteiger partial charge in [-0.15, -0.1) is 0 Å². The van der Waals surface area contributed by atoms with Crippen LogP contribution in [0.4, 0.5) is 0 Å². The molecule has 2 aromatic rings. The molecule has 5 heteroatoms. The molecule has 0 aliphatic heterocycles. The number of hydrogen-bond acceptors (Lipinski definition) is 4. The largest absolute Gasteiger partial charge is 0.497 e. The van der Waals surface area contributed by atoms with Gasteiger partial charge >= 0.3 is 0 Å². The van der Waals surface area contributed by atoms with Crippen molar-refractivity contribution < 1.29 is 9.47 Å². The molecule has 0 unspecified atom stereocenters. The van der Waals surface area contributed by atoms with Gasteiger partial charge in [0.05, 0.1) is 13.3 Å². The molecule has 0 bridgehead atoms. The summed E-state index contributed by atoms with van der Waals surface area (Å²) >= 11 is 0. The van der Waals surface area contributed by atoms with Crippen LogP contribution in [0, 0.1) is 0 Å². The van der Waals surface area contributed by atoms with E-state index in [0.29, 0.717) is 11.5 Å². The summed E-state index contributed by atoms with van der Waals surface area (Å²) in [5.74, 6) is 1.79. The Balaban J connectivity index is 2.19. The average molecular weight is 232 g/mol. The smallest absolute Gasteiger partial charge is 0.270 e. The fourth-order valence-electron chi connectivity index (χ4n) is 1.29. The highest BCUT2D eigenvalue weighted by molar-refractivity contribution is 5.34. The van der Waals surface area contributed by atoms with E-state index in [-0.39, 0.29) is 5.56 Å². The zero-order valence-electron chi connectivity index (χ0n) is 9.58. The molecule has 2 rings (SSSR count). The second kappa shape index (κ2) is 4.69. The summed E-state index contributed by atoms with van der Waals surface area (Å²) in [6.07, 6.45) is 1.49. The topological polar surface area (TPSA) is 53.4 Å². The number of nitrogens with zero attached hydrogens (tertiary/aromatic N) is 2. The second-order valence-corrected chi connectivity index (χ2v) is 3.43.